The Balaban J connectivity index is 1.24. The summed E-state index contributed by atoms with van der Waals surface area (Å²) in [5, 5.41) is 30.3. The van der Waals surface area contributed by atoms with Gasteiger partial charge < -0.3 is 40.3 Å². The van der Waals surface area contributed by atoms with Crippen LogP contribution in [0.25, 0.3) is 0 Å². The number of amides is 1. The van der Waals surface area contributed by atoms with Gasteiger partial charge in [-0.05, 0) is 12.5 Å². The van der Waals surface area contributed by atoms with Gasteiger partial charge in [0.15, 0.2) is 12.3 Å². The van der Waals surface area contributed by atoms with Crippen molar-refractivity contribution in [2.24, 2.45) is 16.6 Å². The average molecular weight is 636 g/mol. The highest BCUT2D eigenvalue weighted by Crippen LogP contribution is 2.53. The number of carbonyl (C=O) groups excluding carboxylic acids is 1. The maximum Gasteiger partial charge on any atom is 0.472 e. The summed E-state index contributed by atoms with van der Waals surface area (Å²) in [6.07, 6.45) is -6.50. The van der Waals surface area contributed by atoms with E-state index in [9.17, 15) is 33.9 Å². The summed E-state index contributed by atoms with van der Waals surface area (Å²) < 4.78 is 53.0. The van der Waals surface area contributed by atoms with Gasteiger partial charge in [0.2, 0.25) is 0 Å². The second-order valence-corrected chi connectivity index (χ2v) is 13.1. The van der Waals surface area contributed by atoms with E-state index in [1.807, 2.05) is 0 Å². The number of aliphatic hydroxyl groups excluding tert-OH is 2. The van der Waals surface area contributed by atoms with Crippen LogP contribution in [0.5, 0.6) is 0 Å². The number of carbonyl (C=O) groups is 1. The van der Waals surface area contributed by atoms with Crippen LogP contribution in [0.1, 0.15) is 6.42 Å². The third-order valence-electron chi connectivity index (χ3n) is 7.55. The van der Waals surface area contributed by atoms with E-state index in [4.69, 9.17) is 28.6 Å². The molecule has 4 fully saturated rings. The third-order valence-corrected chi connectivity index (χ3v) is 9.52. The molecule has 0 radical (unpaired) electrons. The number of rotatable bonds is 3. The molecule has 2 bridgehead atoms. The van der Waals surface area contributed by atoms with Crippen LogP contribution in [0.4, 0.5) is 5.82 Å². The largest absolute Gasteiger partial charge is 0.472 e. The molecule has 42 heavy (non-hydrogen) atoms. The van der Waals surface area contributed by atoms with Crippen LogP contribution >= 0.6 is 15.6 Å². The van der Waals surface area contributed by atoms with Gasteiger partial charge in [-0.2, -0.15) is 0 Å². The van der Waals surface area contributed by atoms with Gasteiger partial charge in [0.1, 0.15) is 55.1 Å². The molecule has 9 N–H and O–H groups in total. The number of aliphatic imine (C=N–C) groups is 1. The van der Waals surface area contributed by atoms with E-state index in [-0.39, 0.29) is 6.42 Å². The van der Waals surface area contributed by atoms with Crippen LogP contribution in [-0.2, 0) is 36.8 Å². The summed E-state index contributed by atoms with van der Waals surface area (Å²) >= 11 is 0. The number of nitrogens with two attached hydrogens (primary N) is 1. The second kappa shape index (κ2) is 11.4. The zero-order valence-electron chi connectivity index (χ0n) is 21.6. The van der Waals surface area contributed by atoms with E-state index in [2.05, 4.69) is 30.9 Å². The minimum atomic E-state index is -4.95. The molecular formula is C20H30N8O12P2. The van der Waals surface area contributed by atoms with Gasteiger partial charge in [-0.25, -0.2) is 19.1 Å². The molecule has 3 saturated heterocycles. The molecule has 0 aromatic carbocycles. The molecular weight excluding hydrogens is 606 g/mol. The highest BCUT2D eigenvalue weighted by molar-refractivity contribution is 7.47. The molecule has 1 aromatic heterocycles. The smallest absolute Gasteiger partial charge is 0.388 e. The first-order valence-corrected chi connectivity index (χ1v) is 15.9. The number of nitrogens with zero attached hydrogens (tertiary/aromatic N) is 4. The Labute approximate surface area is 237 Å². The summed E-state index contributed by atoms with van der Waals surface area (Å²) in [6.45, 7) is -1.27. The molecule has 0 spiro atoms. The lowest BCUT2D eigenvalue weighted by molar-refractivity contribution is -0.130. The summed E-state index contributed by atoms with van der Waals surface area (Å²) in [5.74, 6) is -1.02. The number of anilines is 1. The Morgan fingerprint density at radius 3 is 2.57 bits per heavy atom. The van der Waals surface area contributed by atoms with E-state index in [0.29, 0.717) is 5.82 Å². The van der Waals surface area contributed by atoms with Crippen LogP contribution in [-0.4, -0.2) is 122 Å². The minimum Gasteiger partial charge on any atom is -0.388 e. The normalized spacial score (nSPS) is 47.5. The Kier molecular flexibility index (Phi) is 8.11. The zero-order valence-corrected chi connectivity index (χ0v) is 23.4. The zero-order chi connectivity index (χ0) is 29.8. The topological polar surface area (TPSA) is 282 Å². The molecule has 4 aliphatic heterocycles. The number of phosphoric acid groups is 2. The van der Waals surface area contributed by atoms with Crippen LogP contribution in [0.2, 0.25) is 0 Å². The van der Waals surface area contributed by atoms with Crippen molar-refractivity contribution in [2.75, 3.05) is 18.5 Å². The number of aromatic nitrogens is 2. The van der Waals surface area contributed by atoms with Crippen molar-refractivity contribution >= 4 is 33.7 Å². The van der Waals surface area contributed by atoms with Crippen molar-refractivity contribution in [1.82, 2.24) is 25.5 Å². The summed E-state index contributed by atoms with van der Waals surface area (Å²) in [5.41, 5.74) is 5.82. The van der Waals surface area contributed by atoms with Crippen molar-refractivity contribution in [2.45, 2.75) is 67.7 Å². The first kappa shape index (κ1) is 29.9. The number of phosphoric ester groups is 2. The molecule has 232 valence electrons. The molecule has 22 heteroatoms. The lowest BCUT2D eigenvalue weighted by Crippen LogP contribution is -2.70. The van der Waals surface area contributed by atoms with Gasteiger partial charge >= 0.3 is 15.6 Å². The molecule has 1 saturated carbocycles. The van der Waals surface area contributed by atoms with Gasteiger partial charge in [0.25, 0.3) is 5.91 Å². The van der Waals surface area contributed by atoms with Crippen LogP contribution in [0.3, 0.4) is 0 Å². The standard InChI is InChI=1S/C20H30N8O12P2/c21-20-26-17-12(18(31)27-20)24-7-28(17)19-16-14(30)10(38-19)5-37-42(34,35)39-15-8(4-36-41(32,33)40-16)3-9(13(15)29)25-11-1-2-22-6-23-11/h1-2,6-10,12-17,19-20,26,29-30H,3-5,21H2,(H,27,31)(H,32,33)(H,34,35)(H,22,23,25)/t8-,9-,10-,12?,13+,14-,15-,16-,17?,19-,20?/m1/s1. The number of hydrogen-bond acceptors (Lipinski definition) is 17. The number of ether oxygens (including phenoxy) is 1. The quantitative estimate of drug-likeness (QED) is 0.151. The van der Waals surface area contributed by atoms with Gasteiger partial charge in [-0.15, -0.1) is 0 Å². The molecule has 5 heterocycles. The molecule has 1 aromatic rings. The third kappa shape index (κ3) is 5.96. The highest BCUT2D eigenvalue weighted by atomic mass is 31.2. The molecule has 1 amide bonds. The van der Waals surface area contributed by atoms with Crippen LogP contribution in [0.15, 0.2) is 23.6 Å². The SMILES string of the molecule is NC1NC(=O)C2N=CN([C@@H]3O[C@@H]4COP(=O)(O)O[C@@H]5[C@@H](COP(=O)(O)O[C@@H]3[C@@H]4O)C[C@@H](Nc3ccncn3)[C@@H]5O)C2N1. The van der Waals surface area contributed by atoms with E-state index < -0.39 is 102 Å². The fraction of sp³-hybridized carbons (Fsp3) is 0.700. The molecule has 5 aliphatic rings. The van der Waals surface area contributed by atoms with Crippen molar-refractivity contribution in [3.63, 3.8) is 0 Å². The molecule has 5 unspecified atom stereocenters. The Hall–Kier alpha value is -2.16. The van der Waals surface area contributed by atoms with E-state index in [0.717, 1.165) is 0 Å². The Morgan fingerprint density at radius 2 is 1.83 bits per heavy atom. The molecule has 1 aliphatic carbocycles. The van der Waals surface area contributed by atoms with Crippen LogP contribution < -0.4 is 21.7 Å². The lowest BCUT2D eigenvalue weighted by Gasteiger charge is -2.39. The van der Waals surface area contributed by atoms with E-state index >= 15 is 0 Å². The average Bonchev–Trinajstić information content (AvgIpc) is 3.57. The number of hydrogen-bond donors (Lipinski definition) is 8. The van der Waals surface area contributed by atoms with E-state index in [1.165, 1.54) is 23.8 Å². The van der Waals surface area contributed by atoms with Gasteiger partial charge in [0, 0.05) is 12.1 Å². The first-order chi connectivity index (χ1) is 19.9. The van der Waals surface area contributed by atoms with Gasteiger partial charge in [0.05, 0.1) is 25.6 Å². The number of fused-ring (bicyclic) bond motifs is 4. The summed E-state index contributed by atoms with van der Waals surface area (Å²) in [4.78, 5) is 46.8. The first-order valence-electron chi connectivity index (χ1n) is 12.9. The minimum absolute atomic E-state index is 0.0670. The second-order valence-electron chi connectivity index (χ2n) is 10.3. The number of aliphatic hydroxyl groups is 2. The molecule has 20 nitrogen and oxygen atoms in total. The van der Waals surface area contributed by atoms with Crippen molar-refractivity contribution in [3.05, 3.63) is 18.6 Å². The van der Waals surface area contributed by atoms with Crippen LogP contribution in [0, 0.1) is 5.92 Å². The van der Waals surface area contributed by atoms with Gasteiger partial charge in [-0.1, -0.05) is 0 Å². The fourth-order valence-electron chi connectivity index (χ4n) is 5.61. The maximum absolute atomic E-state index is 13.1. The highest BCUT2D eigenvalue weighted by Gasteiger charge is 2.56. The monoisotopic (exact) mass is 636 g/mol. The molecule has 6 rings (SSSR count). The van der Waals surface area contributed by atoms with Crippen molar-refractivity contribution in [3.8, 4) is 0 Å². The maximum atomic E-state index is 13.1. The Morgan fingerprint density at radius 1 is 1.10 bits per heavy atom. The summed E-state index contributed by atoms with van der Waals surface area (Å²) in [7, 11) is -9.85. The fourth-order valence-corrected chi connectivity index (χ4v) is 7.58. The number of nitrogens with one attached hydrogen (secondary N) is 3. The predicted octanol–water partition coefficient (Wildman–Crippen LogP) is -3.26. The summed E-state index contributed by atoms with van der Waals surface area (Å²) in [6, 6.07) is -0.169. The predicted molar refractivity (Wildman–Crippen MR) is 137 cm³/mol. The van der Waals surface area contributed by atoms with Crippen molar-refractivity contribution in [1.29, 1.82) is 0 Å². The lowest BCUT2D eigenvalue weighted by atomic mass is 10.1. The van der Waals surface area contributed by atoms with Crippen molar-refractivity contribution < 1.29 is 56.8 Å². The van der Waals surface area contributed by atoms with E-state index in [1.54, 1.807) is 6.07 Å². The Bertz CT molecular complexity index is 1300. The van der Waals surface area contributed by atoms with Gasteiger partial charge in [-0.3, -0.25) is 38.9 Å². The molecule has 13 atom stereocenters.